The minimum absolute atomic E-state index is 0. The molecule has 4 nitrogen and oxygen atoms in total. The maximum atomic E-state index is 11.7. The summed E-state index contributed by atoms with van der Waals surface area (Å²) in [5, 5.41) is 6.06. The minimum atomic E-state index is 0. The van der Waals surface area contributed by atoms with E-state index in [2.05, 4.69) is 16.7 Å². The zero-order valence-electron chi connectivity index (χ0n) is 11.1. The summed E-state index contributed by atoms with van der Waals surface area (Å²) in [7, 11) is 1.89. The van der Waals surface area contributed by atoms with E-state index in [0.29, 0.717) is 13.0 Å². The number of hydrogen-bond donors (Lipinski definition) is 2. The van der Waals surface area contributed by atoms with Gasteiger partial charge in [0.15, 0.2) is 0 Å². The molecule has 1 aromatic carbocycles. The number of rotatable bonds is 5. The smallest absolute Gasteiger partial charge is 0.220 e. The van der Waals surface area contributed by atoms with Gasteiger partial charge in [-0.05, 0) is 38.1 Å². The van der Waals surface area contributed by atoms with E-state index in [0.717, 1.165) is 25.1 Å². The van der Waals surface area contributed by atoms with Crippen LogP contribution < -0.4 is 15.4 Å². The molecule has 0 bridgehead atoms. The van der Waals surface area contributed by atoms with Crippen molar-refractivity contribution in [3.8, 4) is 5.75 Å². The fourth-order valence-corrected chi connectivity index (χ4v) is 2.15. The number of halogens is 1. The largest absolute Gasteiger partial charge is 0.491 e. The molecule has 1 heterocycles. The van der Waals surface area contributed by atoms with Gasteiger partial charge in [-0.3, -0.25) is 4.79 Å². The van der Waals surface area contributed by atoms with Gasteiger partial charge in [0.1, 0.15) is 12.4 Å². The molecule has 0 aromatic heterocycles. The summed E-state index contributed by atoms with van der Waals surface area (Å²) < 4.78 is 5.64. The SMILES string of the molecule is CNCCCC(=O)NC1COc2ccccc2C1.Cl. The highest BCUT2D eigenvalue weighted by Crippen LogP contribution is 2.23. The van der Waals surface area contributed by atoms with E-state index in [1.54, 1.807) is 0 Å². The summed E-state index contributed by atoms with van der Waals surface area (Å²) in [4.78, 5) is 11.7. The Balaban J connectivity index is 0.00000180. The lowest BCUT2D eigenvalue weighted by atomic mass is 10.0. The van der Waals surface area contributed by atoms with Crippen LogP contribution >= 0.6 is 12.4 Å². The van der Waals surface area contributed by atoms with Crippen molar-refractivity contribution >= 4 is 18.3 Å². The number of benzene rings is 1. The van der Waals surface area contributed by atoms with Crippen LogP contribution in [0.5, 0.6) is 5.75 Å². The second-order valence-corrected chi connectivity index (χ2v) is 4.59. The van der Waals surface area contributed by atoms with Crippen molar-refractivity contribution in [1.82, 2.24) is 10.6 Å². The molecule has 0 aliphatic carbocycles. The van der Waals surface area contributed by atoms with Gasteiger partial charge in [0.25, 0.3) is 0 Å². The summed E-state index contributed by atoms with van der Waals surface area (Å²) in [5.41, 5.74) is 1.17. The molecular formula is C14H21ClN2O2. The average molecular weight is 285 g/mol. The molecule has 2 rings (SSSR count). The molecule has 1 atom stereocenters. The van der Waals surface area contributed by atoms with Crippen molar-refractivity contribution in [2.45, 2.75) is 25.3 Å². The van der Waals surface area contributed by atoms with E-state index in [9.17, 15) is 4.79 Å². The van der Waals surface area contributed by atoms with Gasteiger partial charge in [-0.25, -0.2) is 0 Å². The molecule has 19 heavy (non-hydrogen) atoms. The Bertz CT molecular complexity index is 412. The van der Waals surface area contributed by atoms with E-state index in [1.807, 2.05) is 25.2 Å². The molecule has 1 unspecified atom stereocenters. The van der Waals surface area contributed by atoms with Crippen LogP contribution in [-0.2, 0) is 11.2 Å². The van der Waals surface area contributed by atoms with Gasteiger partial charge in [0.05, 0.1) is 6.04 Å². The van der Waals surface area contributed by atoms with Gasteiger partial charge in [0.2, 0.25) is 5.91 Å². The minimum Gasteiger partial charge on any atom is -0.491 e. The van der Waals surface area contributed by atoms with Crippen molar-refractivity contribution in [3.05, 3.63) is 29.8 Å². The Kier molecular flexibility index (Phi) is 6.67. The van der Waals surface area contributed by atoms with Crippen LogP contribution in [0.3, 0.4) is 0 Å². The fourth-order valence-electron chi connectivity index (χ4n) is 2.15. The van der Waals surface area contributed by atoms with Crippen molar-refractivity contribution in [3.63, 3.8) is 0 Å². The van der Waals surface area contributed by atoms with Crippen LogP contribution in [0.15, 0.2) is 24.3 Å². The van der Waals surface area contributed by atoms with Gasteiger partial charge in [-0.2, -0.15) is 0 Å². The zero-order valence-corrected chi connectivity index (χ0v) is 12.0. The topological polar surface area (TPSA) is 50.4 Å². The van der Waals surface area contributed by atoms with Crippen LogP contribution in [-0.4, -0.2) is 32.1 Å². The zero-order chi connectivity index (χ0) is 12.8. The molecule has 1 amide bonds. The lowest BCUT2D eigenvalue weighted by Crippen LogP contribution is -2.42. The van der Waals surface area contributed by atoms with Crippen molar-refractivity contribution in [2.75, 3.05) is 20.2 Å². The van der Waals surface area contributed by atoms with E-state index in [-0.39, 0.29) is 24.4 Å². The first-order valence-corrected chi connectivity index (χ1v) is 6.44. The average Bonchev–Trinajstić information content (AvgIpc) is 2.39. The van der Waals surface area contributed by atoms with Gasteiger partial charge < -0.3 is 15.4 Å². The molecule has 2 N–H and O–H groups in total. The quantitative estimate of drug-likeness (QED) is 0.806. The van der Waals surface area contributed by atoms with Crippen LogP contribution in [0.4, 0.5) is 0 Å². The van der Waals surface area contributed by atoms with Crippen molar-refractivity contribution < 1.29 is 9.53 Å². The number of amides is 1. The fraction of sp³-hybridized carbons (Fsp3) is 0.500. The maximum Gasteiger partial charge on any atom is 0.220 e. The number of fused-ring (bicyclic) bond motifs is 1. The molecule has 1 aromatic rings. The third kappa shape index (κ3) is 4.73. The van der Waals surface area contributed by atoms with Crippen molar-refractivity contribution in [1.29, 1.82) is 0 Å². The summed E-state index contributed by atoms with van der Waals surface area (Å²) >= 11 is 0. The molecular weight excluding hydrogens is 264 g/mol. The first-order chi connectivity index (χ1) is 8.79. The molecule has 1 aliphatic heterocycles. The van der Waals surface area contributed by atoms with E-state index in [1.165, 1.54) is 5.56 Å². The highest BCUT2D eigenvalue weighted by molar-refractivity contribution is 5.85. The Morgan fingerprint density at radius 3 is 3.00 bits per heavy atom. The number of para-hydroxylation sites is 1. The second-order valence-electron chi connectivity index (χ2n) is 4.59. The monoisotopic (exact) mass is 284 g/mol. The Hall–Kier alpha value is -1.26. The molecule has 1 aliphatic rings. The van der Waals surface area contributed by atoms with E-state index in [4.69, 9.17) is 4.74 Å². The first-order valence-electron chi connectivity index (χ1n) is 6.44. The Labute approximate surface area is 120 Å². The number of carbonyl (C=O) groups is 1. The highest BCUT2D eigenvalue weighted by Gasteiger charge is 2.20. The predicted molar refractivity (Wildman–Crippen MR) is 78.0 cm³/mol. The number of hydrogen-bond acceptors (Lipinski definition) is 3. The molecule has 106 valence electrons. The van der Waals surface area contributed by atoms with Gasteiger partial charge in [-0.15, -0.1) is 12.4 Å². The predicted octanol–water partition coefficient (Wildman–Crippen LogP) is 1.53. The molecule has 0 saturated heterocycles. The molecule has 0 fully saturated rings. The van der Waals surface area contributed by atoms with Crippen LogP contribution in [0.2, 0.25) is 0 Å². The number of ether oxygens (including phenoxy) is 1. The van der Waals surface area contributed by atoms with Crippen LogP contribution in [0.25, 0.3) is 0 Å². The third-order valence-electron chi connectivity index (χ3n) is 3.07. The normalized spacial score (nSPS) is 16.8. The summed E-state index contributed by atoms with van der Waals surface area (Å²) in [6.45, 7) is 1.44. The van der Waals surface area contributed by atoms with Crippen molar-refractivity contribution in [2.24, 2.45) is 0 Å². The van der Waals surface area contributed by atoms with Crippen LogP contribution in [0.1, 0.15) is 18.4 Å². The third-order valence-corrected chi connectivity index (χ3v) is 3.07. The summed E-state index contributed by atoms with van der Waals surface area (Å²) in [6.07, 6.45) is 2.29. The van der Waals surface area contributed by atoms with Gasteiger partial charge in [0, 0.05) is 6.42 Å². The van der Waals surface area contributed by atoms with E-state index < -0.39 is 0 Å². The van der Waals surface area contributed by atoms with Gasteiger partial charge in [-0.1, -0.05) is 18.2 Å². The Morgan fingerprint density at radius 2 is 2.21 bits per heavy atom. The summed E-state index contributed by atoms with van der Waals surface area (Å²) in [6, 6.07) is 8.09. The highest BCUT2D eigenvalue weighted by atomic mass is 35.5. The number of nitrogens with one attached hydrogen (secondary N) is 2. The molecule has 0 saturated carbocycles. The second kappa shape index (κ2) is 8.02. The Morgan fingerprint density at radius 1 is 1.42 bits per heavy atom. The standard InChI is InChI=1S/C14H20N2O2.ClH/c1-15-8-4-7-14(17)16-12-9-11-5-2-3-6-13(11)18-10-12;/h2-3,5-6,12,15H,4,7-10H2,1H3,(H,16,17);1H. The number of carbonyl (C=O) groups excluding carboxylic acids is 1. The lowest BCUT2D eigenvalue weighted by Gasteiger charge is -2.26. The first kappa shape index (κ1) is 15.8. The molecule has 0 spiro atoms. The molecule has 0 radical (unpaired) electrons. The van der Waals surface area contributed by atoms with E-state index >= 15 is 0 Å². The van der Waals surface area contributed by atoms with Crippen LogP contribution in [0, 0.1) is 0 Å². The lowest BCUT2D eigenvalue weighted by molar-refractivity contribution is -0.122. The summed E-state index contributed by atoms with van der Waals surface area (Å²) in [5.74, 6) is 1.05. The molecule has 5 heteroatoms. The van der Waals surface area contributed by atoms with Gasteiger partial charge >= 0.3 is 0 Å². The maximum absolute atomic E-state index is 11.7.